The summed E-state index contributed by atoms with van der Waals surface area (Å²) in [5, 5.41) is 2.55. The minimum absolute atomic E-state index is 0.167. The van der Waals surface area contributed by atoms with Gasteiger partial charge in [0.15, 0.2) is 0 Å². The van der Waals surface area contributed by atoms with Crippen molar-refractivity contribution in [2.75, 3.05) is 0 Å². The van der Waals surface area contributed by atoms with Gasteiger partial charge in [0.1, 0.15) is 11.6 Å². The first-order chi connectivity index (χ1) is 14.8. The molecule has 4 radical (unpaired) electrons. The minimum atomic E-state index is -1.77. The van der Waals surface area contributed by atoms with E-state index in [9.17, 15) is 4.79 Å². The molecule has 1 aliphatic heterocycles. The summed E-state index contributed by atoms with van der Waals surface area (Å²) in [7, 11) is 12.2. The first kappa shape index (κ1) is 19.5. The van der Waals surface area contributed by atoms with Crippen molar-refractivity contribution in [3.63, 3.8) is 0 Å². The number of benzene rings is 1. The van der Waals surface area contributed by atoms with E-state index in [1.54, 1.807) is 28.9 Å². The molecule has 0 spiro atoms. The third kappa shape index (κ3) is 2.95. The van der Waals surface area contributed by atoms with Crippen LogP contribution in [0.25, 0.3) is 16.6 Å². The molecule has 0 atom stereocenters. The van der Waals surface area contributed by atoms with Crippen LogP contribution in [0.15, 0.2) is 54.9 Å². The number of amides is 1. The summed E-state index contributed by atoms with van der Waals surface area (Å²) in [6.45, 7) is 1.41. The predicted molar refractivity (Wildman–Crippen MR) is 113 cm³/mol. The summed E-state index contributed by atoms with van der Waals surface area (Å²) in [5.41, 5.74) is 2.58. The molecule has 0 aliphatic carbocycles. The number of hydrogen-bond acceptors (Lipinski definition) is 3. The van der Waals surface area contributed by atoms with Crippen LogP contribution in [-0.2, 0) is 11.9 Å². The molecule has 3 aromatic heterocycles. The van der Waals surface area contributed by atoms with Crippen LogP contribution in [0.1, 0.15) is 27.3 Å². The third-order valence-electron chi connectivity index (χ3n) is 5.50. The normalized spacial score (nSPS) is 14.9. The van der Waals surface area contributed by atoms with Gasteiger partial charge in [-0.2, -0.15) is 5.10 Å². The van der Waals surface area contributed by atoms with Gasteiger partial charge in [0.2, 0.25) is 0 Å². The van der Waals surface area contributed by atoms with E-state index in [4.69, 9.17) is 15.7 Å². The molecule has 148 valence electrons. The standard InChI is InChI=1S/C22H14B2F2N4O/c1-12-8-19-14(5-3-7-30(19)28-12)13-9-17(25)16(18(26)10-13)11-29-21(31)15-4-2-6-27-20(15)22(29,23)24/h2-10H,11H2,1H3. The Bertz CT molecular complexity index is 1350. The highest BCUT2D eigenvalue weighted by molar-refractivity contribution is 6.42. The average Bonchev–Trinajstić information content (AvgIpc) is 3.20. The van der Waals surface area contributed by atoms with Crippen LogP contribution in [0.4, 0.5) is 8.78 Å². The van der Waals surface area contributed by atoms with Crippen molar-refractivity contribution in [2.24, 2.45) is 0 Å². The molecule has 5 nitrogen and oxygen atoms in total. The Morgan fingerprint density at radius 1 is 1.06 bits per heavy atom. The largest absolute Gasteiger partial charge is 0.340 e. The van der Waals surface area contributed by atoms with Gasteiger partial charge in [0, 0.05) is 28.9 Å². The molecular weight excluding hydrogens is 396 g/mol. The Kier molecular flexibility index (Phi) is 4.25. The number of fused-ring (bicyclic) bond motifs is 2. The summed E-state index contributed by atoms with van der Waals surface area (Å²) in [6.07, 6.45) is 3.22. The number of pyridine rings is 2. The van der Waals surface area contributed by atoms with Crippen molar-refractivity contribution in [2.45, 2.75) is 18.8 Å². The third-order valence-corrected chi connectivity index (χ3v) is 5.50. The molecule has 0 unspecified atom stereocenters. The molecule has 31 heavy (non-hydrogen) atoms. The highest BCUT2D eigenvalue weighted by atomic mass is 19.1. The first-order valence-electron chi connectivity index (χ1n) is 9.56. The van der Waals surface area contributed by atoms with Gasteiger partial charge in [0.05, 0.1) is 44.7 Å². The van der Waals surface area contributed by atoms with Gasteiger partial charge < -0.3 is 4.90 Å². The van der Waals surface area contributed by atoms with E-state index in [-0.39, 0.29) is 16.8 Å². The van der Waals surface area contributed by atoms with Gasteiger partial charge in [-0.1, -0.05) is 6.07 Å². The van der Waals surface area contributed by atoms with Crippen LogP contribution in [0.3, 0.4) is 0 Å². The van der Waals surface area contributed by atoms with E-state index >= 15 is 8.78 Å². The Morgan fingerprint density at radius 2 is 1.77 bits per heavy atom. The lowest BCUT2D eigenvalue weighted by Crippen LogP contribution is -2.45. The van der Waals surface area contributed by atoms with Gasteiger partial charge in [-0.05, 0) is 48.9 Å². The summed E-state index contributed by atoms with van der Waals surface area (Å²) >= 11 is 0. The highest BCUT2D eigenvalue weighted by Crippen LogP contribution is 2.36. The number of aryl methyl sites for hydroxylation is 1. The zero-order chi connectivity index (χ0) is 21.9. The van der Waals surface area contributed by atoms with Crippen molar-refractivity contribution in [1.82, 2.24) is 19.5 Å². The van der Waals surface area contributed by atoms with Gasteiger partial charge in [-0.3, -0.25) is 9.78 Å². The summed E-state index contributed by atoms with van der Waals surface area (Å²) in [6, 6.07) is 10.9. The average molecular weight is 410 g/mol. The first-order valence-corrected chi connectivity index (χ1v) is 9.56. The summed E-state index contributed by atoms with van der Waals surface area (Å²) < 4.78 is 31.8. The molecular formula is C22H14B2F2N4O. The van der Waals surface area contributed by atoms with Crippen molar-refractivity contribution >= 4 is 27.1 Å². The number of aromatic nitrogens is 3. The van der Waals surface area contributed by atoms with E-state index in [0.29, 0.717) is 11.1 Å². The van der Waals surface area contributed by atoms with Gasteiger partial charge >= 0.3 is 0 Å². The second-order valence-electron chi connectivity index (χ2n) is 7.57. The highest BCUT2D eigenvalue weighted by Gasteiger charge is 2.43. The summed E-state index contributed by atoms with van der Waals surface area (Å²) in [4.78, 5) is 17.8. The fourth-order valence-corrected chi connectivity index (χ4v) is 3.99. The second-order valence-corrected chi connectivity index (χ2v) is 7.57. The molecule has 0 bridgehead atoms. The Balaban J connectivity index is 1.55. The number of rotatable bonds is 3. The number of carbonyl (C=O) groups excluding carboxylic acids is 1. The smallest absolute Gasteiger partial charge is 0.255 e. The molecule has 4 aromatic rings. The fraction of sp³-hybridized carbons (Fsp3) is 0.136. The Morgan fingerprint density at radius 3 is 2.48 bits per heavy atom. The van der Waals surface area contributed by atoms with Crippen LogP contribution in [0, 0.1) is 18.6 Å². The monoisotopic (exact) mass is 410 g/mol. The van der Waals surface area contributed by atoms with Crippen LogP contribution >= 0.6 is 0 Å². The quantitative estimate of drug-likeness (QED) is 0.488. The zero-order valence-electron chi connectivity index (χ0n) is 16.5. The van der Waals surface area contributed by atoms with Gasteiger partial charge in [0.25, 0.3) is 5.91 Å². The molecule has 5 rings (SSSR count). The summed E-state index contributed by atoms with van der Waals surface area (Å²) in [5.74, 6) is -2.14. The van der Waals surface area contributed by atoms with Crippen molar-refractivity contribution < 1.29 is 13.6 Å². The Labute approximate surface area is 179 Å². The molecule has 0 fully saturated rings. The van der Waals surface area contributed by atoms with Crippen molar-refractivity contribution in [3.05, 3.63) is 89.0 Å². The lowest BCUT2D eigenvalue weighted by molar-refractivity contribution is 0.0727. The second kappa shape index (κ2) is 6.77. The molecule has 9 heteroatoms. The van der Waals surface area contributed by atoms with Gasteiger partial charge in [-0.25, -0.2) is 13.3 Å². The van der Waals surface area contributed by atoms with E-state index in [1.165, 1.54) is 24.4 Å². The topological polar surface area (TPSA) is 50.5 Å². The molecule has 1 aliphatic rings. The Hall–Kier alpha value is -3.48. The maximum Gasteiger partial charge on any atom is 0.255 e. The van der Waals surface area contributed by atoms with Crippen LogP contribution in [0.2, 0.25) is 0 Å². The fourth-order valence-electron chi connectivity index (χ4n) is 3.99. The van der Waals surface area contributed by atoms with Crippen LogP contribution in [0.5, 0.6) is 0 Å². The number of halogens is 2. The van der Waals surface area contributed by atoms with E-state index in [0.717, 1.165) is 16.1 Å². The number of nitrogens with zero attached hydrogens (tertiary/aromatic N) is 4. The van der Waals surface area contributed by atoms with E-state index in [1.807, 2.05) is 13.0 Å². The molecule has 4 heterocycles. The number of carbonyl (C=O) groups is 1. The molecule has 0 saturated carbocycles. The molecule has 0 N–H and O–H groups in total. The van der Waals surface area contributed by atoms with Crippen LogP contribution in [-0.4, -0.2) is 41.1 Å². The number of hydrogen-bond donors (Lipinski definition) is 0. The molecule has 1 amide bonds. The van der Waals surface area contributed by atoms with Crippen LogP contribution < -0.4 is 0 Å². The lowest BCUT2D eigenvalue weighted by atomic mass is 9.59. The van der Waals surface area contributed by atoms with Gasteiger partial charge in [-0.15, -0.1) is 0 Å². The molecule has 1 aromatic carbocycles. The minimum Gasteiger partial charge on any atom is -0.340 e. The maximum absolute atomic E-state index is 15.1. The van der Waals surface area contributed by atoms with E-state index in [2.05, 4.69) is 10.1 Å². The van der Waals surface area contributed by atoms with Crippen molar-refractivity contribution in [3.8, 4) is 11.1 Å². The zero-order valence-corrected chi connectivity index (χ0v) is 16.5. The van der Waals surface area contributed by atoms with Crippen molar-refractivity contribution in [1.29, 1.82) is 0 Å². The predicted octanol–water partition coefficient (Wildman–Crippen LogP) is 3.09. The molecule has 0 saturated heterocycles. The lowest BCUT2D eigenvalue weighted by Gasteiger charge is -2.33. The SMILES string of the molecule is [B]C1([B])c2ncccc2C(=O)N1Cc1c(F)cc(-c2cccn3nc(C)cc23)cc1F. The maximum atomic E-state index is 15.1. The van der Waals surface area contributed by atoms with E-state index < -0.39 is 29.4 Å².